The Bertz CT molecular complexity index is 2900. The Labute approximate surface area is 319 Å². The minimum absolute atomic E-state index is 1.11. The summed E-state index contributed by atoms with van der Waals surface area (Å²) in [6.45, 7) is 0. The quantitative estimate of drug-likeness (QED) is 0.160. The Balaban J connectivity index is 1.04. The van der Waals surface area contributed by atoms with E-state index in [1.54, 1.807) is 0 Å². The van der Waals surface area contributed by atoms with E-state index in [1.165, 1.54) is 75.5 Å². The van der Waals surface area contributed by atoms with Gasteiger partial charge in [0.05, 0.1) is 0 Å². The van der Waals surface area contributed by atoms with E-state index in [1.807, 2.05) is 11.3 Å². The van der Waals surface area contributed by atoms with Crippen molar-refractivity contribution in [2.24, 2.45) is 0 Å². The molecule has 0 N–H and O–H groups in total. The summed E-state index contributed by atoms with van der Waals surface area (Å²) in [7, 11) is 0. The summed E-state index contributed by atoms with van der Waals surface area (Å²) in [6.07, 6.45) is 0. The molecule has 2 heteroatoms. The Morgan fingerprint density at radius 3 is 1.56 bits per heavy atom. The van der Waals surface area contributed by atoms with Crippen molar-refractivity contribution in [3.05, 3.63) is 212 Å². The van der Waals surface area contributed by atoms with Crippen LogP contribution in [0, 0.1) is 0 Å². The van der Waals surface area contributed by atoms with Crippen LogP contribution in [-0.2, 0) is 0 Å². The molecule has 0 aliphatic heterocycles. The van der Waals surface area contributed by atoms with Gasteiger partial charge in [-0.15, -0.1) is 11.3 Å². The van der Waals surface area contributed by atoms with E-state index in [0.717, 1.165) is 17.1 Å². The molecule has 0 atom stereocenters. The molecule has 10 aromatic rings. The van der Waals surface area contributed by atoms with Crippen molar-refractivity contribution in [2.45, 2.75) is 0 Å². The van der Waals surface area contributed by atoms with Crippen LogP contribution in [0.5, 0.6) is 0 Å². The zero-order chi connectivity index (χ0) is 35.8. The van der Waals surface area contributed by atoms with Crippen LogP contribution in [0.1, 0.15) is 0 Å². The summed E-state index contributed by atoms with van der Waals surface area (Å²) < 4.78 is 2.64. The topological polar surface area (TPSA) is 3.24 Å². The fourth-order valence-electron chi connectivity index (χ4n) is 7.73. The van der Waals surface area contributed by atoms with Crippen molar-refractivity contribution in [3.8, 4) is 44.5 Å². The van der Waals surface area contributed by atoms with Gasteiger partial charge in [0.1, 0.15) is 0 Å². The number of fused-ring (bicyclic) bond motifs is 4. The highest BCUT2D eigenvalue weighted by atomic mass is 32.1. The van der Waals surface area contributed by atoms with E-state index in [9.17, 15) is 0 Å². The molecule has 0 aliphatic rings. The van der Waals surface area contributed by atoms with Crippen LogP contribution in [0.2, 0.25) is 0 Å². The maximum Gasteiger partial charge on any atom is 0.0467 e. The monoisotopic (exact) mass is 705 g/mol. The molecule has 1 aromatic heterocycles. The first-order valence-corrected chi connectivity index (χ1v) is 19.2. The molecule has 0 unspecified atom stereocenters. The number of thiophene rings is 1. The first kappa shape index (κ1) is 32.0. The average molecular weight is 706 g/mol. The normalized spacial score (nSPS) is 11.3. The number of rotatable bonds is 7. The van der Waals surface area contributed by atoms with Crippen molar-refractivity contribution >= 4 is 59.3 Å². The molecule has 0 saturated heterocycles. The SMILES string of the molecule is c1ccc(-c2ccc(-c3ccc(N(c4ccc(-c5cccc6sc7ccccc7c56)cc4)c4cccc(-c5ccc6ccccc6c5)c4)cc3)cc2)cc1. The lowest BCUT2D eigenvalue weighted by atomic mass is 9.98. The van der Waals surface area contributed by atoms with Crippen LogP contribution in [-0.4, -0.2) is 0 Å². The molecular formula is C52H35NS. The van der Waals surface area contributed by atoms with Gasteiger partial charge in [0, 0.05) is 37.2 Å². The summed E-state index contributed by atoms with van der Waals surface area (Å²) >= 11 is 1.86. The van der Waals surface area contributed by atoms with Crippen LogP contribution in [0.15, 0.2) is 212 Å². The number of anilines is 3. The number of nitrogens with zero attached hydrogens (tertiary/aromatic N) is 1. The summed E-state index contributed by atoms with van der Waals surface area (Å²) in [5.41, 5.74) is 13.0. The van der Waals surface area contributed by atoms with Crippen molar-refractivity contribution in [2.75, 3.05) is 4.90 Å². The molecule has 9 aromatic carbocycles. The van der Waals surface area contributed by atoms with E-state index >= 15 is 0 Å². The van der Waals surface area contributed by atoms with Crippen LogP contribution in [0.25, 0.3) is 75.5 Å². The maximum absolute atomic E-state index is 2.37. The first-order valence-electron chi connectivity index (χ1n) is 18.4. The fourth-order valence-corrected chi connectivity index (χ4v) is 8.87. The largest absolute Gasteiger partial charge is 0.310 e. The van der Waals surface area contributed by atoms with Crippen LogP contribution < -0.4 is 4.90 Å². The van der Waals surface area contributed by atoms with E-state index in [4.69, 9.17) is 0 Å². The van der Waals surface area contributed by atoms with Crippen molar-refractivity contribution < 1.29 is 0 Å². The van der Waals surface area contributed by atoms with E-state index in [2.05, 4.69) is 217 Å². The van der Waals surface area contributed by atoms with Crippen molar-refractivity contribution in [3.63, 3.8) is 0 Å². The first-order chi connectivity index (χ1) is 26.7. The highest BCUT2D eigenvalue weighted by molar-refractivity contribution is 7.25. The molecule has 10 rings (SSSR count). The van der Waals surface area contributed by atoms with Gasteiger partial charge < -0.3 is 4.90 Å². The predicted molar refractivity (Wildman–Crippen MR) is 233 cm³/mol. The van der Waals surface area contributed by atoms with Gasteiger partial charge in [0.15, 0.2) is 0 Å². The zero-order valence-electron chi connectivity index (χ0n) is 29.6. The second-order valence-corrected chi connectivity index (χ2v) is 14.8. The minimum Gasteiger partial charge on any atom is -0.310 e. The smallest absolute Gasteiger partial charge is 0.0467 e. The van der Waals surface area contributed by atoms with E-state index in [-0.39, 0.29) is 0 Å². The molecule has 0 spiro atoms. The van der Waals surface area contributed by atoms with Crippen molar-refractivity contribution in [1.29, 1.82) is 0 Å². The van der Waals surface area contributed by atoms with Crippen LogP contribution >= 0.6 is 11.3 Å². The molecule has 0 fully saturated rings. The van der Waals surface area contributed by atoms with Gasteiger partial charge in [0.25, 0.3) is 0 Å². The third kappa shape index (κ3) is 5.93. The van der Waals surface area contributed by atoms with E-state index < -0.39 is 0 Å². The second kappa shape index (κ2) is 13.7. The lowest BCUT2D eigenvalue weighted by Gasteiger charge is -2.26. The maximum atomic E-state index is 2.37. The predicted octanol–water partition coefficient (Wildman–Crippen LogP) is 15.3. The van der Waals surface area contributed by atoms with Gasteiger partial charge >= 0.3 is 0 Å². The van der Waals surface area contributed by atoms with Gasteiger partial charge in [0.2, 0.25) is 0 Å². The molecule has 0 bridgehead atoms. The third-order valence-electron chi connectivity index (χ3n) is 10.5. The second-order valence-electron chi connectivity index (χ2n) is 13.8. The Morgan fingerprint density at radius 1 is 0.296 bits per heavy atom. The van der Waals surface area contributed by atoms with Gasteiger partial charge in [-0.05, 0) is 110 Å². The molecule has 0 radical (unpaired) electrons. The lowest BCUT2D eigenvalue weighted by molar-refractivity contribution is 1.28. The van der Waals surface area contributed by atoms with Gasteiger partial charge in [-0.25, -0.2) is 0 Å². The molecule has 1 nitrogen and oxygen atoms in total. The highest BCUT2D eigenvalue weighted by Crippen LogP contribution is 2.42. The highest BCUT2D eigenvalue weighted by Gasteiger charge is 2.16. The third-order valence-corrected chi connectivity index (χ3v) is 11.6. The molecule has 54 heavy (non-hydrogen) atoms. The molecule has 0 aliphatic carbocycles. The molecular weight excluding hydrogens is 671 g/mol. The summed E-state index contributed by atoms with van der Waals surface area (Å²) in [5, 5.41) is 5.14. The molecule has 254 valence electrons. The van der Waals surface area contributed by atoms with Gasteiger partial charge in [-0.3, -0.25) is 0 Å². The molecule has 1 heterocycles. The Kier molecular flexibility index (Phi) is 8.09. The number of hydrogen-bond acceptors (Lipinski definition) is 2. The van der Waals surface area contributed by atoms with Crippen LogP contribution in [0.3, 0.4) is 0 Å². The van der Waals surface area contributed by atoms with E-state index in [0.29, 0.717) is 0 Å². The summed E-state index contributed by atoms with van der Waals surface area (Å²) in [5.74, 6) is 0. The number of benzene rings is 9. The molecule has 0 amide bonds. The van der Waals surface area contributed by atoms with Gasteiger partial charge in [-0.2, -0.15) is 0 Å². The zero-order valence-corrected chi connectivity index (χ0v) is 30.4. The minimum atomic E-state index is 1.11. The average Bonchev–Trinajstić information content (AvgIpc) is 3.64. The Morgan fingerprint density at radius 2 is 0.815 bits per heavy atom. The fraction of sp³-hybridized carbons (Fsp3) is 0. The Hall–Kier alpha value is -6.74. The van der Waals surface area contributed by atoms with Gasteiger partial charge in [-0.1, -0.05) is 158 Å². The summed E-state index contributed by atoms with van der Waals surface area (Å²) in [4.78, 5) is 2.37. The molecule has 0 saturated carbocycles. The summed E-state index contributed by atoms with van der Waals surface area (Å²) in [6, 6.07) is 77.1. The number of hydrogen-bond donors (Lipinski definition) is 0. The standard InChI is InChI=1S/C52H35NS/c1-2-10-36(11-3-1)38-20-22-39(23-21-38)40-26-30-45(31-27-40)53(47-15-8-14-43(35-47)44-25-24-37-12-4-5-13-42(37)34-44)46-32-28-41(29-33-46)48-17-9-19-51-52(48)49-16-6-7-18-50(49)54-51/h1-35H. The van der Waals surface area contributed by atoms with Crippen LogP contribution in [0.4, 0.5) is 17.1 Å². The lowest BCUT2D eigenvalue weighted by Crippen LogP contribution is -2.10. The van der Waals surface area contributed by atoms with Crippen molar-refractivity contribution in [1.82, 2.24) is 0 Å².